The van der Waals surface area contributed by atoms with Crippen molar-refractivity contribution < 1.29 is 0 Å². The molecule has 2 N–H and O–H groups in total. The highest BCUT2D eigenvalue weighted by Crippen LogP contribution is 2.22. The SMILES string of the molecule is CCN1CCN(c2ccc(C)cc2CN)CC1. The van der Waals surface area contributed by atoms with Crippen LogP contribution in [0.5, 0.6) is 0 Å². The zero-order valence-corrected chi connectivity index (χ0v) is 10.9. The predicted molar refractivity (Wildman–Crippen MR) is 73.4 cm³/mol. The Balaban J connectivity index is 2.12. The Morgan fingerprint density at radius 3 is 2.47 bits per heavy atom. The predicted octanol–water partition coefficient (Wildman–Crippen LogP) is 1.60. The van der Waals surface area contributed by atoms with Crippen LogP contribution in [0, 0.1) is 6.92 Å². The van der Waals surface area contributed by atoms with E-state index in [1.54, 1.807) is 0 Å². The Morgan fingerprint density at radius 2 is 1.88 bits per heavy atom. The van der Waals surface area contributed by atoms with E-state index >= 15 is 0 Å². The van der Waals surface area contributed by atoms with Crippen molar-refractivity contribution in [2.45, 2.75) is 20.4 Å². The molecule has 3 heteroatoms. The van der Waals surface area contributed by atoms with Crippen LogP contribution in [0.25, 0.3) is 0 Å². The van der Waals surface area contributed by atoms with Gasteiger partial charge in [-0.3, -0.25) is 0 Å². The molecule has 0 unspecified atom stereocenters. The third-order valence-corrected chi connectivity index (χ3v) is 3.62. The summed E-state index contributed by atoms with van der Waals surface area (Å²) in [6, 6.07) is 6.61. The van der Waals surface area contributed by atoms with Crippen LogP contribution in [-0.2, 0) is 6.54 Å². The van der Waals surface area contributed by atoms with Crippen molar-refractivity contribution in [1.29, 1.82) is 0 Å². The Morgan fingerprint density at radius 1 is 1.18 bits per heavy atom. The van der Waals surface area contributed by atoms with Gasteiger partial charge in [0.2, 0.25) is 0 Å². The molecule has 0 spiro atoms. The number of piperazine rings is 1. The van der Waals surface area contributed by atoms with E-state index in [0.29, 0.717) is 6.54 Å². The summed E-state index contributed by atoms with van der Waals surface area (Å²) in [6.45, 7) is 10.7. The van der Waals surface area contributed by atoms with Crippen LogP contribution in [-0.4, -0.2) is 37.6 Å². The fourth-order valence-corrected chi connectivity index (χ4v) is 2.49. The van der Waals surface area contributed by atoms with Gasteiger partial charge in [0.25, 0.3) is 0 Å². The fraction of sp³-hybridized carbons (Fsp3) is 0.571. The lowest BCUT2D eigenvalue weighted by atomic mass is 10.1. The first-order chi connectivity index (χ1) is 8.24. The average molecular weight is 233 g/mol. The largest absolute Gasteiger partial charge is 0.369 e. The smallest absolute Gasteiger partial charge is 0.0412 e. The zero-order chi connectivity index (χ0) is 12.3. The summed E-state index contributed by atoms with van der Waals surface area (Å²) in [5.41, 5.74) is 9.74. The summed E-state index contributed by atoms with van der Waals surface area (Å²) in [5, 5.41) is 0. The third kappa shape index (κ3) is 2.79. The molecule has 94 valence electrons. The molecule has 1 aliphatic rings. The van der Waals surface area contributed by atoms with Crippen molar-refractivity contribution in [3.63, 3.8) is 0 Å². The number of hydrogen-bond acceptors (Lipinski definition) is 3. The van der Waals surface area contributed by atoms with Gasteiger partial charge in [-0.25, -0.2) is 0 Å². The first kappa shape index (κ1) is 12.4. The number of hydrogen-bond donors (Lipinski definition) is 1. The van der Waals surface area contributed by atoms with Crippen LogP contribution in [0.2, 0.25) is 0 Å². The zero-order valence-electron chi connectivity index (χ0n) is 10.9. The normalized spacial score (nSPS) is 17.5. The Kier molecular flexibility index (Phi) is 4.02. The minimum absolute atomic E-state index is 0.630. The molecule has 0 amide bonds. The fourth-order valence-electron chi connectivity index (χ4n) is 2.49. The van der Waals surface area contributed by atoms with Crippen LogP contribution in [0.3, 0.4) is 0 Å². The van der Waals surface area contributed by atoms with E-state index in [9.17, 15) is 0 Å². The number of nitrogens with zero attached hydrogens (tertiary/aromatic N) is 2. The van der Waals surface area contributed by atoms with Gasteiger partial charge in [0.15, 0.2) is 0 Å². The van der Waals surface area contributed by atoms with E-state index in [1.165, 1.54) is 16.8 Å². The molecule has 1 saturated heterocycles. The maximum absolute atomic E-state index is 5.84. The van der Waals surface area contributed by atoms with Crippen LogP contribution in [0.15, 0.2) is 18.2 Å². The molecule has 0 bridgehead atoms. The third-order valence-electron chi connectivity index (χ3n) is 3.62. The van der Waals surface area contributed by atoms with Crippen molar-refractivity contribution in [3.8, 4) is 0 Å². The Labute approximate surface area is 104 Å². The lowest BCUT2D eigenvalue weighted by Gasteiger charge is -2.36. The van der Waals surface area contributed by atoms with Gasteiger partial charge in [-0.1, -0.05) is 24.6 Å². The van der Waals surface area contributed by atoms with Crippen molar-refractivity contribution in [2.24, 2.45) is 5.73 Å². The number of rotatable bonds is 3. The molecule has 3 nitrogen and oxygen atoms in total. The molecule has 0 saturated carbocycles. The summed E-state index contributed by atoms with van der Waals surface area (Å²) in [4.78, 5) is 4.96. The van der Waals surface area contributed by atoms with Gasteiger partial charge in [-0.05, 0) is 25.1 Å². The van der Waals surface area contributed by atoms with Crippen molar-refractivity contribution in [3.05, 3.63) is 29.3 Å². The number of likely N-dealkylation sites (N-methyl/N-ethyl adjacent to an activating group) is 1. The summed E-state index contributed by atoms with van der Waals surface area (Å²) in [5.74, 6) is 0. The summed E-state index contributed by atoms with van der Waals surface area (Å²) in [7, 11) is 0. The second kappa shape index (κ2) is 5.52. The molecule has 17 heavy (non-hydrogen) atoms. The standard InChI is InChI=1S/C14H23N3/c1-3-16-6-8-17(9-7-16)14-5-4-12(2)10-13(14)11-15/h4-5,10H,3,6-9,11,15H2,1-2H3. The maximum Gasteiger partial charge on any atom is 0.0412 e. The Hall–Kier alpha value is -1.06. The van der Waals surface area contributed by atoms with Gasteiger partial charge in [0, 0.05) is 38.4 Å². The average Bonchev–Trinajstić information content (AvgIpc) is 2.39. The van der Waals surface area contributed by atoms with E-state index in [0.717, 1.165) is 32.7 Å². The number of nitrogens with two attached hydrogens (primary N) is 1. The molecular formula is C14H23N3. The monoisotopic (exact) mass is 233 g/mol. The number of aryl methyl sites for hydroxylation is 1. The molecular weight excluding hydrogens is 210 g/mol. The number of benzene rings is 1. The highest BCUT2D eigenvalue weighted by molar-refractivity contribution is 5.55. The van der Waals surface area contributed by atoms with Crippen molar-refractivity contribution in [1.82, 2.24) is 4.90 Å². The molecule has 1 aromatic carbocycles. The van der Waals surface area contributed by atoms with Gasteiger partial charge in [0.05, 0.1) is 0 Å². The van der Waals surface area contributed by atoms with Gasteiger partial charge in [-0.2, -0.15) is 0 Å². The molecule has 0 aliphatic carbocycles. The molecule has 1 aliphatic heterocycles. The molecule has 0 atom stereocenters. The molecule has 1 heterocycles. The van der Waals surface area contributed by atoms with Crippen molar-refractivity contribution in [2.75, 3.05) is 37.6 Å². The minimum Gasteiger partial charge on any atom is -0.369 e. The first-order valence-corrected chi connectivity index (χ1v) is 6.51. The lowest BCUT2D eigenvalue weighted by molar-refractivity contribution is 0.271. The lowest BCUT2D eigenvalue weighted by Crippen LogP contribution is -2.46. The van der Waals surface area contributed by atoms with Gasteiger partial charge >= 0.3 is 0 Å². The summed E-state index contributed by atoms with van der Waals surface area (Å²) < 4.78 is 0. The molecule has 1 aromatic rings. The topological polar surface area (TPSA) is 32.5 Å². The van der Waals surface area contributed by atoms with Gasteiger partial charge in [0.1, 0.15) is 0 Å². The second-order valence-electron chi connectivity index (χ2n) is 4.76. The molecule has 2 rings (SSSR count). The van der Waals surface area contributed by atoms with E-state index in [4.69, 9.17) is 5.73 Å². The second-order valence-corrected chi connectivity index (χ2v) is 4.76. The minimum atomic E-state index is 0.630. The quantitative estimate of drug-likeness (QED) is 0.860. The highest BCUT2D eigenvalue weighted by Gasteiger charge is 2.17. The van der Waals surface area contributed by atoms with Crippen molar-refractivity contribution >= 4 is 5.69 Å². The maximum atomic E-state index is 5.84. The van der Waals surface area contributed by atoms with Gasteiger partial charge in [-0.15, -0.1) is 0 Å². The highest BCUT2D eigenvalue weighted by atomic mass is 15.3. The van der Waals surface area contributed by atoms with E-state index in [-0.39, 0.29) is 0 Å². The van der Waals surface area contributed by atoms with E-state index < -0.39 is 0 Å². The van der Waals surface area contributed by atoms with E-state index in [2.05, 4.69) is 41.8 Å². The van der Waals surface area contributed by atoms with Crippen LogP contribution in [0.1, 0.15) is 18.1 Å². The van der Waals surface area contributed by atoms with Crippen LogP contribution >= 0.6 is 0 Å². The first-order valence-electron chi connectivity index (χ1n) is 6.51. The summed E-state index contributed by atoms with van der Waals surface area (Å²) in [6.07, 6.45) is 0. The van der Waals surface area contributed by atoms with E-state index in [1.807, 2.05) is 0 Å². The van der Waals surface area contributed by atoms with Crippen LogP contribution < -0.4 is 10.6 Å². The molecule has 0 aromatic heterocycles. The van der Waals surface area contributed by atoms with Gasteiger partial charge < -0.3 is 15.5 Å². The Bertz CT molecular complexity index is 368. The molecule has 0 radical (unpaired) electrons. The molecule has 1 fully saturated rings. The van der Waals surface area contributed by atoms with Crippen LogP contribution in [0.4, 0.5) is 5.69 Å². The number of anilines is 1. The summed E-state index contributed by atoms with van der Waals surface area (Å²) >= 11 is 0.